The molecule has 2 rings (SSSR count). The maximum absolute atomic E-state index is 11.9. The Morgan fingerprint density at radius 3 is 2.89 bits per heavy atom. The predicted octanol–water partition coefficient (Wildman–Crippen LogP) is 4.37. The number of fused-ring (bicyclic) bond motifs is 1. The molecule has 2 aromatic rings. The van der Waals surface area contributed by atoms with Gasteiger partial charge in [-0.3, -0.25) is 0 Å². The number of hydrogen-bond acceptors (Lipinski definition) is 3. The highest BCUT2D eigenvalue weighted by molar-refractivity contribution is 9.10. The highest BCUT2D eigenvalue weighted by atomic mass is 79.9. The second-order valence-electron chi connectivity index (χ2n) is 4.08. The van der Waals surface area contributed by atoms with Crippen LogP contribution in [0, 0.1) is 0 Å². The maximum atomic E-state index is 11.9. The smallest absolute Gasteiger partial charge is 0.261 e. The summed E-state index contributed by atoms with van der Waals surface area (Å²) in [5, 5.41) is 13.0. The third-order valence-electron chi connectivity index (χ3n) is 2.72. The molecular weight excluding hydrogens is 338 g/mol. The Labute approximate surface area is 122 Å². The minimum absolute atomic E-state index is 0.122. The van der Waals surface area contributed by atoms with E-state index in [4.69, 9.17) is 4.74 Å². The van der Waals surface area contributed by atoms with E-state index in [0.29, 0.717) is 6.42 Å². The molecule has 0 spiro atoms. The fourth-order valence-corrected chi connectivity index (χ4v) is 3.49. The molecule has 0 amide bonds. The van der Waals surface area contributed by atoms with Crippen LogP contribution in [0.5, 0.6) is 0 Å². The minimum Gasteiger partial charge on any atom is -0.388 e. The quantitative estimate of drug-likeness (QED) is 0.784. The molecule has 104 valence electrons. The Kier molecular flexibility index (Phi) is 5.27. The number of benzene rings is 1. The van der Waals surface area contributed by atoms with Crippen molar-refractivity contribution in [3.05, 3.63) is 33.6 Å². The zero-order chi connectivity index (χ0) is 13.8. The first kappa shape index (κ1) is 14.8. The van der Waals surface area contributed by atoms with Crippen molar-refractivity contribution in [3.8, 4) is 0 Å². The number of alkyl halides is 2. The van der Waals surface area contributed by atoms with Crippen molar-refractivity contribution in [1.82, 2.24) is 0 Å². The average Bonchev–Trinajstić information content (AvgIpc) is 2.79. The maximum Gasteiger partial charge on any atom is 0.261 e. The largest absolute Gasteiger partial charge is 0.388 e. The van der Waals surface area contributed by atoms with Crippen LogP contribution >= 0.6 is 27.3 Å². The number of halogens is 3. The van der Waals surface area contributed by atoms with E-state index >= 15 is 0 Å². The Morgan fingerprint density at radius 2 is 2.16 bits per heavy atom. The molecule has 1 atom stereocenters. The topological polar surface area (TPSA) is 29.5 Å². The van der Waals surface area contributed by atoms with Gasteiger partial charge in [0.1, 0.15) is 6.61 Å². The van der Waals surface area contributed by atoms with Crippen molar-refractivity contribution in [2.24, 2.45) is 0 Å². The van der Waals surface area contributed by atoms with Gasteiger partial charge in [0.15, 0.2) is 0 Å². The van der Waals surface area contributed by atoms with Crippen molar-refractivity contribution in [1.29, 1.82) is 0 Å². The molecule has 2 nitrogen and oxygen atoms in total. The molecule has 0 fully saturated rings. The summed E-state index contributed by atoms with van der Waals surface area (Å²) in [7, 11) is 0. The summed E-state index contributed by atoms with van der Waals surface area (Å²) in [6.07, 6.45) is -2.85. The van der Waals surface area contributed by atoms with E-state index in [1.54, 1.807) is 11.3 Å². The lowest BCUT2D eigenvalue weighted by molar-refractivity contribution is 0.00498. The van der Waals surface area contributed by atoms with Gasteiger partial charge in [-0.15, -0.1) is 11.3 Å². The zero-order valence-corrected chi connectivity index (χ0v) is 12.4. The molecule has 1 unspecified atom stereocenters. The van der Waals surface area contributed by atoms with Gasteiger partial charge in [-0.05, 0) is 38.3 Å². The Balaban J connectivity index is 2.01. The number of hydrogen-bond donors (Lipinski definition) is 1. The molecule has 0 saturated carbocycles. The summed E-state index contributed by atoms with van der Waals surface area (Å²) in [5.41, 5.74) is 0.821. The molecule has 1 aromatic carbocycles. The summed E-state index contributed by atoms with van der Waals surface area (Å²) >= 11 is 5.01. The van der Waals surface area contributed by atoms with Gasteiger partial charge in [0.2, 0.25) is 0 Å². The highest BCUT2D eigenvalue weighted by Gasteiger charge is 2.14. The Hall–Kier alpha value is -0.560. The van der Waals surface area contributed by atoms with E-state index in [2.05, 4.69) is 15.9 Å². The fraction of sp³-hybridized carbons (Fsp3) is 0.385. The third kappa shape index (κ3) is 3.72. The summed E-state index contributed by atoms with van der Waals surface area (Å²) in [4.78, 5) is 0. The van der Waals surface area contributed by atoms with E-state index in [-0.39, 0.29) is 6.61 Å². The molecule has 1 N–H and O–H groups in total. The number of aliphatic hydroxyl groups excluding tert-OH is 1. The average molecular weight is 351 g/mol. The lowest BCUT2D eigenvalue weighted by Crippen LogP contribution is -2.08. The highest BCUT2D eigenvalue weighted by Crippen LogP contribution is 2.35. The fourth-order valence-electron chi connectivity index (χ4n) is 1.82. The van der Waals surface area contributed by atoms with Crippen LogP contribution in [0.1, 0.15) is 18.1 Å². The first-order chi connectivity index (χ1) is 9.09. The second-order valence-corrected chi connectivity index (χ2v) is 5.81. The van der Waals surface area contributed by atoms with E-state index in [1.165, 1.54) is 0 Å². The van der Waals surface area contributed by atoms with E-state index in [0.717, 1.165) is 20.1 Å². The lowest BCUT2D eigenvalue weighted by Gasteiger charge is -2.10. The molecule has 0 aliphatic carbocycles. The number of rotatable bonds is 6. The molecule has 0 radical (unpaired) electrons. The normalized spacial score (nSPS) is 13.3. The van der Waals surface area contributed by atoms with Gasteiger partial charge in [-0.1, -0.05) is 12.1 Å². The van der Waals surface area contributed by atoms with Crippen molar-refractivity contribution in [2.75, 3.05) is 13.2 Å². The zero-order valence-electron chi connectivity index (χ0n) is 9.98. The van der Waals surface area contributed by atoms with Crippen molar-refractivity contribution in [3.63, 3.8) is 0 Å². The minimum atomic E-state index is -2.46. The Morgan fingerprint density at radius 1 is 1.37 bits per heavy atom. The summed E-state index contributed by atoms with van der Waals surface area (Å²) in [6, 6.07) is 5.79. The van der Waals surface area contributed by atoms with Crippen LogP contribution in [0.3, 0.4) is 0 Å². The molecule has 0 saturated heterocycles. The van der Waals surface area contributed by atoms with Crippen LogP contribution < -0.4 is 0 Å². The first-order valence-electron chi connectivity index (χ1n) is 5.79. The lowest BCUT2D eigenvalue weighted by atomic mass is 10.1. The van der Waals surface area contributed by atoms with Gasteiger partial charge >= 0.3 is 0 Å². The molecule has 19 heavy (non-hydrogen) atoms. The molecule has 0 aliphatic heterocycles. The van der Waals surface area contributed by atoms with Crippen LogP contribution in [0.4, 0.5) is 8.78 Å². The number of aliphatic hydroxyl groups is 1. The monoisotopic (exact) mass is 350 g/mol. The molecule has 1 heterocycles. The van der Waals surface area contributed by atoms with Crippen molar-refractivity contribution in [2.45, 2.75) is 19.0 Å². The molecule has 6 heteroatoms. The van der Waals surface area contributed by atoms with Gasteiger partial charge in [-0.25, -0.2) is 8.78 Å². The van der Waals surface area contributed by atoms with Crippen LogP contribution in [0.25, 0.3) is 10.1 Å². The molecule has 0 aliphatic rings. The van der Waals surface area contributed by atoms with Gasteiger partial charge in [0.05, 0.1) is 6.10 Å². The standard InChI is InChI=1S/C13H13BrF2O2S/c14-10-3-1-2-8-9(7-19-13(8)10)11(17)4-5-18-6-12(15)16/h1-3,7,11-12,17H,4-6H2. The van der Waals surface area contributed by atoms with Crippen molar-refractivity contribution >= 4 is 37.4 Å². The van der Waals surface area contributed by atoms with Crippen LogP contribution in [-0.2, 0) is 4.74 Å². The van der Waals surface area contributed by atoms with Gasteiger partial charge < -0.3 is 9.84 Å². The van der Waals surface area contributed by atoms with Crippen LogP contribution in [0.15, 0.2) is 28.1 Å². The number of ether oxygens (including phenoxy) is 1. The predicted molar refractivity (Wildman–Crippen MR) is 75.9 cm³/mol. The van der Waals surface area contributed by atoms with Crippen LogP contribution in [-0.4, -0.2) is 24.7 Å². The summed E-state index contributed by atoms with van der Waals surface area (Å²) in [5.74, 6) is 0. The van der Waals surface area contributed by atoms with E-state index in [9.17, 15) is 13.9 Å². The number of thiophene rings is 1. The first-order valence-corrected chi connectivity index (χ1v) is 7.46. The molecule has 1 aromatic heterocycles. The van der Waals surface area contributed by atoms with Gasteiger partial charge in [0.25, 0.3) is 6.43 Å². The van der Waals surface area contributed by atoms with Gasteiger partial charge in [-0.2, -0.15) is 0 Å². The van der Waals surface area contributed by atoms with Gasteiger partial charge in [0, 0.05) is 22.2 Å². The third-order valence-corrected chi connectivity index (χ3v) is 4.69. The second kappa shape index (κ2) is 6.74. The van der Waals surface area contributed by atoms with Crippen LogP contribution in [0.2, 0.25) is 0 Å². The SMILES string of the molecule is OC(CCOCC(F)F)c1csc2c(Br)cccc12. The summed E-state index contributed by atoms with van der Waals surface area (Å²) in [6.45, 7) is -0.459. The summed E-state index contributed by atoms with van der Waals surface area (Å²) < 4.78 is 30.6. The van der Waals surface area contributed by atoms with E-state index < -0.39 is 19.1 Å². The molecule has 0 bridgehead atoms. The van der Waals surface area contributed by atoms with E-state index in [1.807, 2.05) is 23.6 Å². The van der Waals surface area contributed by atoms with Crippen molar-refractivity contribution < 1.29 is 18.6 Å². The molecular formula is C13H13BrF2O2S. The Bertz CT molecular complexity index is 544.